The van der Waals surface area contributed by atoms with Gasteiger partial charge in [0.15, 0.2) is 0 Å². The summed E-state index contributed by atoms with van der Waals surface area (Å²) in [7, 11) is 0. The van der Waals surface area contributed by atoms with Gasteiger partial charge in [-0.05, 0) is 47.0 Å². The predicted molar refractivity (Wildman–Crippen MR) is 128 cm³/mol. The van der Waals surface area contributed by atoms with Gasteiger partial charge in [0.05, 0.1) is 17.6 Å². The number of rotatable bonds is 8. The number of para-hydroxylation sites is 2. The maximum Gasteiger partial charge on any atom is 0.240 e. The molecule has 0 fully saturated rings. The number of carbonyl (C=O) groups excluding carboxylic acids is 1. The quantitative estimate of drug-likeness (QED) is 0.385. The highest BCUT2D eigenvalue weighted by Crippen LogP contribution is 2.28. The Morgan fingerprint density at radius 1 is 1.03 bits per heavy atom. The average Bonchev–Trinajstić information content (AvgIpc) is 3.40. The Balaban J connectivity index is 1.58. The largest absolute Gasteiger partial charge is 0.350 e. The smallest absolute Gasteiger partial charge is 0.240 e. The Hall–Kier alpha value is -2.92. The second-order valence-corrected chi connectivity index (χ2v) is 9.49. The molecule has 5 heteroatoms. The highest BCUT2D eigenvalue weighted by Gasteiger charge is 2.20. The lowest BCUT2D eigenvalue weighted by molar-refractivity contribution is -0.121. The fourth-order valence-corrected chi connectivity index (χ4v) is 4.60. The number of nitrogens with zero attached hydrogens (tertiary/aromatic N) is 2. The molecule has 0 spiro atoms. The van der Waals surface area contributed by atoms with E-state index in [1.165, 1.54) is 11.1 Å². The minimum absolute atomic E-state index is 0.00251. The molecular formula is C26H29N3OS. The third kappa shape index (κ3) is 5.05. The van der Waals surface area contributed by atoms with Crippen molar-refractivity contribution in [2.45, 2.75) is 46.2 Å². The minimum Gasteiger partial charge on any atom is -0.350 e. The summed E-state index contributed by atoms with van der Waals surface area (Å²) in [4.78, 5) is 18.8. The van der Waals surface area contributed by atoms with Crippen LogP contribution in [0, 0.1) is 5.92 Å². The lowest BCUT2D eigenvalue weighted by atomic mass is 9.96. The van der Waals surface area contributed by atoms with Crippen molar-refractivity contribution in [1.82, 2.24) is 14.9 Å². The fraction of sp³-hybridized carbons (Fsp3) is 0.308. The molecule has 2 aromatic heterocycles. The molecule has 4 aromatic rings. The zero-order valence-electron chi connectivity index (χ0n) is 18.3. The first kappa shape index (κ1) is 21.3. The Bertz CT molecular complexity index is 1140. The molecule has 31 heavy (non-hydrogen) atoms. The molecule has 0 aliphatic rings. The topological polar surface area (TPSA) is 46.9 Å². The highest BCUT2D eigenvalue weighted by atomic mass is 32.1. The van der Waals surface area contributed by atoms with E-state index in [1.54, 1.807) is 11.3 Å². The van der Waals surface area contributed by atoms with Crippen LogP contribution in [0.15, 0.2) is 66.0 Å². The zero-order chi connectivity index (χ0) is 21.8. The number of thiophene rings is 1. The average molecular weight is 432 g/mol. The summed E-state index contributed by atoms with van der Waals surface area (Å²) in [6.07, 6.45) is 1.08. The fourth-order valence-electron chi connectivity index (χ4n) is 3.95. The first-order chi connectivity index (χ1) is 15.0. The number of nitrogens with one attached hydrogen (secondary N) is 1. The van der Waals surface area contributed by atoms with Gasteiger partial charge >= 0.3 is 0 Å². The van der Waals surface area contributed by atoms with Gasteiger partial charge in [-0.3, -0.25) is 4.79 Å². The summed E-state index contributed by atoms with van der Waals surface area (Å²) >= 11 is 1.65. The molecule has 1 atom stereocenters. The number of aromatic nitrogens is 2. The van der Waals surface area contributed by atoms with E-state index in [2.05, 4.69) is 54.9 Å². The number of carbonyl (C=O) groups is 1. The molecule has 2 aromatic carbocycles. The first-order valence-electron chi connectivity index (χ1n) is 10.8. The van der Waals surface area contributed by atoms with Crippen molar-refractivity contribution in [3.63, 3.8) is 0 Å². The molecule has 0 saturated carbocycles. The molecule has 0 aliphatic carbocycles. The third-order valence-electron chi connectivity index (χ3n) is 5.54. The summed E-state index contributed by atoms with van der Waals surface area (Å²) in [5, 5.41) is 5.07. The van der Waals surface area contributed by atoms with Crippen molar-refractivity contribution in [2.24, 2.45) is 5.92 Å². The van der Waals surface area contributed by atoms with Crippen LogP contribution in [0.1, 0.15) is 48.5 Å². The number of amides is 1. The second-order valence-electron chi connectivity index (χ2n) is 8.46. The van der Waals surface area contributed by atoms with E-state index < -0.39 is 0 Å². The zero-order valence-corrected chi connectivity index (χ0v) is 19.2. The number of imidazole rings is 1. The molecular weight excluding hydrogens is 402 g/mol. The lowest BCUT2D eigenvalue weighted by Crippen LogP contribution is -2.27. The van der Waals surface area contributed by atoms with Crippen LogP contribution < -0.4 is 5.32 Å². The monoisotopic (exact) mass is 431 g/mol. The maximum atomic E-state index is 12.8. The molecule has 4 rings (SSSR count). The molecule has 4 nitrogen and oxygen atoms in total. The predicted octanol–water partition coefficient (Wildman–Crippen LogP) is 5.76. The molecule has 160 valence electrons. The van der Waals surface area contributed by atoms with Crippen molar-refractivity contribution >= 4 is 28.3 Å². The van der Waals surface area contributed by atoms with Gasteiger partial charge in [0, 0.05) is 10.8 Å². The van der Waals surface area contributed by atoms with Crippen LogP contribution in [-0.2, 0) is 24.3 Å². The van der Waals surface area contributed by atoms with Crippen LogP contribution >= 0.6 is 11.3 Å². The normalized spacial score (nSPS) is 12.4. The van der Waals surface area contributed by atoms with Crippen LogP contribution in [0.4, 0.5) is 0 Å². The Morgan fingerprint density at radius 3 is 2.52 bits per heavy atom. The Labute approximate surface area is 188 Å². The molecule has 1 amide bonds. The van der Waals surface area contributed by atoms with Crippen LogP contribution in [0.2, 0.25) is 0 Å². The molecule has 2 heterocycles. The lowest BCUT2D eigenvalue weighted by Gasteiger charge is -2.16. The van der Waals surface area contributed by atoms with Crippen molar-refractivity contribution in [3.05, 3.63) is 87.9 Å². The van der Waals surface area contributed by atoms with Crippen molar-refractivity contribution < 1.29 is 4.79 Å². The van der Waals surface area contributed by atoms with Gasteiger partial charge in [-0.15, -0.1) is 11.3 Å². The first-order valence-corrected chi connectivity index (χ1v) is 11.7. The van der Waals surface area contributed by atoms with Gasteiger partial charge in [0.1, 0.15) is 12.4 Å². The molecule has 1 unspecified atom stereocenters. The molecule has 0 bridgehead atoms. The van der Waals surface area contributed by atoms with Crippen LogP contribution in [0.25, 0.3) is 11.0 Å². The van der Waals surface area contributed by atoms with Crippen LogP contribution in [-0.4, -0.2) is 15.5 Å². The van der Waals surface area contributed by atoms with E-state index in [1.807, 2.05) is 41.8 Å². The van der Waals surface area contributed by atoms with Gasteiger partial charge in [0.2, 0.25) is 5.91 Å². The minimum atomic E-state index is -0.00251. The molecule has 1 N–H and O–H groups in total. The van der Waals surface area contributed by atoms with Crippen molar-refractivity contribution in [1.29, 1.82) is 0 Å². The van der Waals surface area contributed by atoms with Gasteiger partial charge in [0.25, 0.3) is 0 Å². The van der Waals surface area contributed by atoms with E-state index in [9.17, 15) is 4.79 Å². The molecule has 0 radical (unpaired) electrons. The number of fused-ring (bicyclic) bond motifs is 1. The Kier molecular flexibility index (Phi) is 6.52. The summed E-state index contributed by atoms with van der Waals surface area (Å²) in [6, 6.07) is 20.9. The summed E-state index contributed by atoms with van der Waals surface area (Å²) < 4.78 is 2.06. The van der Waals surface area contributed by atoms with Crippen LogP contribution in [0.5, 0.6) is 0 Å². The van der Waals surface area contributed by atoms with E-state index in [-0.39, 0.29) is 18.4 Å². The van der Waals surface area contributed by atoms with E-state index in [0.29, 0.717) is 12.5 Å². The number of benzene rings is 2. The maximum absolute atomic E-state index is 12.8. The van der Waals surface area contributed by atoms with Gasteiger partial charge < -0.3 is 9.88 Å². The summed E-state index contributed by atoms with van der Waals surface area (Å²) in [5.74, 6) is 1.65. The van der Waals surface area contributed by atoms with Crippen molar-refractivity contribution in [2.75, 3.05) is 0 Å². The van der Waals surface area contributed by atoms with E-state index in [0.717, 1.165) is 28.2 Å². The standard InChI is InChI=1S/C26H29N3OS/c1-18(2)15-20-10-12-21(13-11-20)19(3)26-28-23-8-4-5-9-24(23)29(26)17-25(30)27-16-22-7-6-14-31-22/h4-14,18-19H,15-17H2,1-3H3,(H,27,30). The third-order valence-corrected chi connectivity index (χ3v) is 6.41. The number of hydrogen-bond acceptors (Lipinski definition) is 3. The van der Waals surface area contributed by atoms with Gasteiger partial charge in [-0.25, -0.2) is 4.98 Å². The SMILES string of the molecule is CC(C)Cc1ccc(C(C)c2nc3ccccc3n2CC(=O)NCc2cccs2)cc1. The molecule has 0 aliphatic heterocycles. The summed E-state index contributed by atoms with van der Waals surface area (Å²) in [6.45, 7) is 7.46. The Morgan fingerprint density at radius 2 is 1.81 bits per heavy atom. The van der Waals surface area contributed by atoms with Gasteiger partial charge in [-0.2, -0.15) is 0 Å². The molecule has 0 saturated heterocycles. The second kappa shape index (κ2) is 9.48. The van der Waals surface area contributed by atoms with E-state index in [4.69, 9.17) is 4.98 Å². The highest BCUT2D eigenvalue weighted by molar-refractivity contribution is 7.09. The van der Waals surface area contributed by atoms with E-state index >= 15 is 0 Å². The van der Waals surface area contributed by atoms with Crippen LogP contribution in [0.3, 0.4) is 0 Å². The number of hydrogen-bond donors (Lipinski definition) is 1. The van der Waals surface area contributed by atoms with Gasteiger partial charge in [-0.1, -0.05) is 63.2 Å². The summed E-state index contributed by atoms with van der Waals surface area (Å²) in [5.41, 5.74) is 4.48. The van der Waals surface area contributed by atoms with Crippen molar-refractivity contribution in [3.8, 4) is 0 Å².